The molecule has 1 N–H and O–H groups in total. The third-order valence-corrected chi connectivity index (χ3v) is 3.36. The predicted octanol–water partition coefficient (Wildman–Crippen LogP) is 2.79. The normalized spacial score (nSPS) is 11.4. The number of aromatic nitrogens is 3. The molecule has 8 heteroatoms. The first-order valence-electron chi connectivity index (χ1n) is 7.68. The van der Waals surface area contributed by atoms with Gasteiger partial charge in [0.1, 0.15) is 5.60 Å². The molecule has 1 radical (unpaired) electrons. The van der Waals surface area contributed by atoms with Crippen LogP contribution in [0.5, 0.6) is 5.88 Å². The molecule has 0 amide bonds. The van der Waals surface area contributed by atoms with E-state index in [9.17, 15) is 4.79 Å². The summed E-state index contributed by atoms with van der Waals surface area (Å²) in [5.41, 5.74) is 1.19. The highest BCUT2D eigenvalue weighted by molar-refractivity contribution is 6.17. The fraction of sp³-hybridized carbons (Fsp3) is 0.235. The second-order valence-corrected chi connectivity index (χ2v) is 6.33. The number of hydrogen-bond donors (Lipinski definition) is 1. The zero-order valence-corrected chi connectivity index (χ0v) is 14.1. The lowest BCUT2D eigenvalue weighted by Gasteiger charge is -2.20. The summed E-state index contributed by atoms with van der Waals surface area (Å²) in [7, 11) is 0.509. The lowest BCUT2D eigenvalue weighted by Crippen LogP contribution is -2.27. The standard InChI is InChI=1S/C17H17BN3O4/c1-17(2,3)24-16(22)21-14(25-18-23)10-12-11(7-9-20-15(12)21)13-6-4-5-8-19-13/h4-10,23H,1-3H3. The van der Waals surface area contributed by atoms with Gasteiger partial charge in [0.15, 0.2) is 11.5 Å². The van der Waals surface area contributed by atoms with Crippen molar-refractivity contribution < 1.29 is 19.2 Å². The molecule has 0 spiro atoms. The van der Waals surface area contributed by atoms with Crippen molar-refractivity contribution in [3.05, 3.63) is 42.7 Å². The Balaban J connectivity index is 2.19. The molecule has 0 unspecified atom stereocenters. The van der Waals surface area contributed by atoms with Crippen LogP contribution >= 0.6 is 0 Å². The second-order valence-electron chi connectivity index (χ2n) is 6.33. The van der Waals surface area contributed by atoms with Crippen LogP contribution < -0.4 is 4.65 Å². The van der Waals surface area contributed by atoms with Gasteiger partial charge >= 0.3 is 13.8 Å². The molecule has 3 heterocycles. The number of carbonyl (C=O) groups excluding carboxylic acids is 1. The zero-order chi connectivity index (χ0) is 18.0. The Morgan fingerprint density at radius 3 is 2.64 bits per heavy atom. The summed E-state index contributed by atoms with van der Waals surface area (Å²) in [6, 6.07) is 8.97. The van der Waals surface area contributed by atoms with Crippen molar-refractivity contribution >= 4 is 24.8 Å². The van der Waals surface area contributed by atoms with Crippen LogP contribution in [0.2, 0.25) is 0 Å². The van der Waals surface area contributed by atoms with Crippen molar-refractivity contribution in [3.8, 4) is 17.1 Å². The molecule has 0 bridgehead atoms. The van der Waals surface area contributed by atoms with E-state index >= 15 is 0 Å². The molecule has 3 aromatic heterocycles. The van der Waals surface area contributed by atoms with Gasteiger partial charge in [-0.1, -0.05) is 6.07 Å². The molecule has 127 valence electrons. The molecule has 3 aromatic rings. The second kappa shape index (κ2) is 6.56. The third-order valence-electron chi connectivity index (χ3n) is 3.36. The highest BCUT2D eigenvalue weighted by Gasteiger charge is 2.25. The highest BCUT2D eigenvalue weighted by atomic mass is 16.6. The van der Waals surface area contributed by atoms with Crippen LogP contribution in [0.4, 0.5) is 4.79 Å². The van der Waals surface area contributed by atoms with Gasteiger partial charge in [0.2, 0.25) is 0 Å². The molecule has 0 fully saturated rings. The van der Waals surface area contributed by atoms with E-state index in [1.165, 1.54) is 4.57 Å². The molecular weight excluding hydrogens is 321 g/mol. The monoisotopic (exact) mass is 338 g/mol. The maximum absolute atomic E-state index is 12.6. The molecule has 3 rings (SSSR count). The van der Waals surface area contributed by atoms with Crippen LogP contribution in [0.25, 0.3) is 22.3 Å². The van der Waals surface area contributed by atoms with Gasteiger partial charge in [-0.05, 0) is 39.0 Å². The van der Waals surface area contributed by atoms with Crippen molar-refractivity contribution in [2.75, 3.05) is 0 Å². The van der Waals surface area contributed by atoms with E-state index in [4.69, 9.17) is 14.4 Å². The van der Waals surface area contributed by atoms with Crippen LogP contribution in [0.15, 0.2) is 42.7 Å². The number of hydrogen-bond acceptors (Lipinski definition) is 6. The predicted molar refractivity (Wildman–Crippen MR) is 93.2 cm³/mol. The Morgan fingerprint density at radius 1 is 1.20 bits per heavy atom. The van der Waals surface area contributed by atoms with Gasteiger partial charge in [-0.15, -0.1) is 0 Å². The van der Waals surface area contributed by atoms with Crippen LogP contribution in [0.3, 0.4) is 0 Å². The molecular formula is C17H17BN3O4. The van der Waals surface area contributed by atoms with Gasteiger partial charge in [-0.2, -0.15) is 4.57 Å². The minimum Gasteiger partial charge on any atom is -0.524 e. The summed E-state index contributed by atoms with van der Waals surface area (Å²) in [5, 5.41) is 9.68. The van der Waals surface area contributed by atoms with Gasteiger partial charge in [-0.3, -0.25) is 4.98 Å². The fourth-order valence-electron chi connectivity index (χ4n) is 2.45. The Hall–Kier alpha value is -2.87. The number of carbonyl (C=O) groups is 1. The molecule has 0 saturated carbocycles. The summed E-state index contributed by atoms with van der Waals surface area (Å²) < 4.78 is 11.7. The molecule has 0 atom stereocenters. The van der Waals surface area contributed by atoms with Crippen molar-refractivity contribution in [1.29, 1.82) is 0 Å². The van der Waals surface area contributed by atoms with Crippen LogP contribution in [0, 0.1) is 0 Å². The molecule has 0 aliphatic rings. The maximum atomic E-state index is 12.6. The average Bonchev–Trinajstić information content (AvgIpc) is 2.92. The van der Waals surface area contributed by atoms with Crippen molar-refractivity contribution in [1.82, 2.24) is 14.5 Å². The molecule has 25 heavy (non-hydrogen) atoms. The topological polar surface area (TPSA) is 86.5 Å². The number of ether oxygens (including phenoxy) is 1. The summed E-state index contributed by atoms with van der Waals surface area (Å²) in [6.07, 6.45) is 2.62. The zero-order valence-electron chi connectivity index (χ0n) is 14.1. The number of nitrogens with zero attached hydrogens (tertiary/aromatic N) is 3. The summed E-state index contributed by atoms with van der Waals surface area (Å²) in [4.78, 5) is 21.2. The summed E-state index contributed by atoms with van der Waals surface area (Å²) in [6.45, 7) is 5.30. The molecule has 0 aliphatic heterocycles. The number of pyridine rings is 2. The van der Waals surface area contributed by atoms with E-state index in [1.54, 1.807) is 45.3 Å². The van der Waals surface area contributed by atoms with Gasteiger partial charge in [0, 0.05) is 29.4 Å². The highest BCUT2D eigenvalue weighted by Crippen LogP contribution is 2.32. The lowest BCUT2D eigenvalue weighted by atomic mass is 10.1. The summed E-state index contributed by atoms with van der Waals surface area (Å²) in [5.74, 6) is 0.0997. The first-order chi connectivity index (χ1) is 11.9. The molecule has 0 aromatic carbocycles. The fourth-order valence-corrected chi connectivity index (χ4v) is 2.45. The molecule has 0 saturated heterocycles. The Bertz CT molecular complexity index is 903. The van der Waals surface area contributed by atoms with Crippen molar-refractivity contribution in [2.45, 2.75) is 26.4 Å². The van der Waals surface area contributed by atoms with E-state index in [1.807, 2.05) is 18.2 Å². The Kier molecular flexibility index (Phi) is 4.46. The number of rotatable bonds is 3. The quantitative estimate of drug-likeness (QED) is 0.739. The van der Waals surface area contributed by atoms with E-state index in [0.717, 1.165) is 11.3 Å². The Morgan fingerprint density at radius 2 is 2.00 bits per heavy atom. The van der Waals surface area contributed by atoms with Crippen molar-refractivity contribution in [3.63, 3.8) is 0 Å². The molecule has 0 aliphatic carbocycles. The SMILES string of the molecule is CC(C)(C)OC(=O)n1c(O[B]O)cc2c(-c3ccccn3)ccnc21. The van der Waals surface area contributed by atoms with E-state index in [0.29, 0.717) is 18.7 Å². The summed E-state index contributed by atoms with van der Waals surface area (Å²) >= 11 is 0. The van der Waals surface area contributed by atoms with Crippen LogP contribution in [-0.4, -0.2) is 38.9 Å². The van der Waals surface area contributed by atoms with Gasteiger partial charge in [-0.25, -0.2) is 9.78 Å². The first-order valence-corrected chi connectivity index (χ1v) is 7.68. The average molecular weight is 338 g/mol. The Labute approximate surface area is 145 Å². The number of fused-ring (bicyclic) bond motifs is 1. The van der Waals surface area contributed by atoms with Gasteiger partial charge in [0.05, 0.1) is 5.69 Å². The molecule has 7 nitrogen and oxygen atoms in total. The lowest BCUT2D eigenvalue weighted by molar-refractivity contribution is 0.0536. The third kappa shape index (κ3) is 3.48. The maximum Gasteiger partial charge on any atom is 0.570 e. The van der Waals surface area contributed by atoms with Crippen LogP contribution in [-0.2, 0) is 4.74 Å². The minimum absolute atomic E-state index is 0.0997. The first kappa shape index (κ1) is 17.0. The van der Waals surface area contributed by atoms with E-state index < -0.39 is 11.7 Å². The van der Waals surface area contributed by atoms with E-state index in [-0.39, 0.29) is 5.88 Å². The van der Waals surface area contributed by atoms with Crippen LogP contribution in [0.1, 0.15) is 20.8 Å². The largest absolute Gasteiger partial charge is 0.570 e. The van der Waals surface area contributed by atoms with Gasteiger partial charge in [0.25, 0.3) is 0 Å². The smallest absolute Gasteiger partial charge is 0.524 e. The van der Waals surface area contributed by atoms with Gasteiger partial charge < -0.3 is 14.4 Å². The van der Waals surface area contributed by atoms with E-state index in [2.05, 4.69) is 9.97 Å². The van der Waals surface area contributed by atoms with Crippen molar-refractivity contribution in [2.24, 2.45) is 0 Å². The minimum atomic E-state index is -0.688.